The molecule has 22 heavy (non-hydrogen) atoms. The molecule has 1 aromatic carbocycles. The third-order valence-electron chi connectivity index (χ3n) is 4.23. The zero-order chi connectivity index (χ0) is 15.7. The van der Waals surface area contributed by atoms with Crippen molar-refractivity contribution in [3.05, 3.63) is 23.3 Å². The van der Waals surface area contributed by atoms with Crippen LogP contribution in [0, 0.1) is 0 Å². The Bertz CT molecular complexity index is 606. The summed E-state index contributed by atoms with van der Waals surface area (Å²) in [6.45, 7) is 5.40. The lowest BCUT2D eigenvalue weighted by Crippen LogP contribution is -2.40. The monoisotopic (exact) mass is 304 g/mol. The van der Waals surface area contributed by atoms with Gasteiger partial charge in [-0.15, -0.1) is 0 Å². The van der Waals surface area contributed by atoms with Gasteiger partial charge in [0.2, 0.25) is 0 Å². The zero-order valence-electron chi connectivity index (χ0n) is 12.7. The molecule has 0 unspecified atom stereocenters. The second-order valence-corrected chi connectivity index (χ2v) is 5.59. The van der Waals surface area contributed by atoms with Crippen molar-refractivity contribution in [3.8, 4) is 0 Å². The molecule has 1 aromatic rings. The van der Waals surface area contributed by atoms with E-state index in [0.29, 0.717) is 23.5 Å². The SMILES string of the molecule is CCOC(=O)c1cc(N2CCC2)c(C(=O)O)cc1N1CCC1. The molecule has 1 N–H and O–H groups in total. The van der Waals surface area contributed by atoms with E-state index in [-0.39, 0.29) is 11.5 Å². The van der Waals surface area contributed by atoms with Crippen LogP contribution in [0.1, 0.15) is 40.5 Å². The lowest BCUT2D eigenvalue weighted by Gasteiger charge is -2.37. The maximum atomic E-state index is 12.3. The topological polar surface area (TPSA) is 70.1 Å². The molecule has 0 bridgehead atoms. The van der Waals surface area contributed by atoms with Gasteiger partial charge in [-0.3, -0.25) is 0 Å². The highest BCUT2D eigenvalue weighted by molar-refractivity contribution is 6.03. The van der Waals surface area contributed by atoms with Gasteiger partial charge in [-0.1, -0.05) is 0 Å². The highest BCUT2D eigenvalue weighted by Gasteiger charge is 2.28. The summed E-state index contributed by atoms with van der Waals surface area (Å²) in [6, 6.07) is 3.32. The number of anilines is 2. The van der Waals surface area contributed by atoms with E-state index in [0.717, 1.165) is 39.0 Å². The first-order chi connectivity index (χ1) is 10.6. The maximum absolute atomic E-state index is 12.3. The van der Waals surface area contributed by atoms with Crippen molar-refractivity contribution >= 4 is 23.3 Å². The summed E-state index contributed by atoms with van der Waals surface area (Å²) < 4.78 is 5.14. The lowest BCUT2D eigenvalue weighted by molar-refractivity contribution is 0.0525. The van der Waals surface area contributed by atoms with Gasteiger partial charge in [0, 0.05) is 26.2 Å². The smallest absolute Gasteiger partial charge is 0.340 e. The van der Waals surface area contributed by atoms with Gasteiger partial charge in [0.25, 0.3) is 0 Å². The van der Waals surface area contributed by atoms with Crippen LogP contribution in [0.4, 0.5) is 11.4 Å². The number of carbonyl (C=O) groups is 2. The minimum Gasteiger partial charge on any atom is -0.478 e. The van der Waals surface area contributed by atoms with Gasteiger partial charge in [-0.05, 0) is 31.9 Å². The molecule has 3 rings (SSSR count). The third-order valence-corrected chi connectivity index (χ3v) is 4.23. The van der Waals surface area contributed by atoms with Crippen LogP contribution in [0.25, 0.3) is 0 Å². The van der Waals surface area contributed by atoms with E-state index in [1.165, 1.54) is 0 Å². The van der Waals surface area contributed by atoms with Crippen molar-refractivity contribution in [2.75, 3.05) is 42.6 Å². The number of esters is 1. The number of carboxylic acid groups (broad SMARTS) is 1. The summed E-state index contributed by atoms with van der Waals surface area (Å²) in [4.78, 5) is 27.9. The predicted octanol–water partition coefficient (Wildman–Crippen LogP) is 1.98. The van der Waals surface area contributed by atoms with Crippen molar-refractivity contribution in [1.29, 1.82) is 0 Å². The lowest BCUT2D eigenvalue weighted by atomic mass is 10.0. The van der Waals surface area contributed by atoms with E-state index in [4.69, 9.17) is 4.74 Å². The Kier molecular flexibility index (Phi) is 3.92. The molecule has 0 aliphatic carbocycles. The summed E-state index contributed by atoms with van der Waals surface area (Å²) in [5.74, 6) is -1.35. The van der Waals surface area contributed by atoms with Crippen LogP contribution < -0.4 is 9.80 Å². The number of nitrogens with zero attached hydrogens (tertiary/aromatic N) is 2. The normalized spacial score (nSPS) is 16.8. The van der Waals surface area contributed by atoms with Crippen molar-refractivity contribution in [2.24, 2.45) is 0 Å². The average Bonchev–Trinajstić information content (AvgIpc) is 2.35. The predicted molar refractivity (Wildman–Crippen MR) is 83.0 cm³/mol. The fourth-order valence-corrected chi connectivity index (χ4v) is 2.76. The number of carboxylic acids is 1. The second kappa shape index (κ2) is 5.87. The molecule has 2 fully saturated rings. The standard InChI is InChI=1S/C16H20N2O4/c1-2-22-16(21)12-10-13(17-5-3-6-17)11(15(19)20)9-14(12)18-7-4-8-18/h9-10H,2-8H2,1H3,(H,19,20). The summed E-state index contributed by atoms with van der Waals surface area (Å²) in [5, 5.41) is 9.50. The average molecular weight is 304 g/mol. The van der Waals surface area contributed by atoms with Gasteiger partial charge in [0.15, 0.2) is 0 Å². The Morgan fingerprint density at radius 2 is 1.55 bits per heavy atom. The molecular weight excluding hydrogens is 284 g/mol. The van der Waals surface area contributed by atoms with E-state index in [2.05, 4.69) is 0 Å². The third kappa shape index (κ3) is 2.49. The van der Waals surface area contributed by atoms with Gasteiger partial charge in [-0.25, -0.2) is 9.59 Å². The molecule has 2 heterocycles. The highest BCUT2D eigenvalue weighted by Crippen LogP contribution is 2.35. The highest BCUT2D eigenvalue weighted by atomic mass is 16.5. The van der Waals surface area contributed by atoms with E-state index in [1.807, 2.05) is 9.80 Å². The van der Waals surface area contributed by atoms with Gasteiger partial charge >= 0.3 is 11.9 Å². The minimum atomic E-state index is -0.959. The first-order valence-corrected chi connectivity index (χ1v) is 7.70. The Morgan fingerprint density at radius 1 is 1.05 bits per heavy atom. The molecule has 0 amide bonds. The quantitative estimate of drug-likeness (QED) is 0.839. The van der Waals surface area contributed by atoms with E-state index in [9.17, 15) is 14.7 Å². The number of hydrogen-bond donors (Lipinski definition) is 1. The summed E-state index contributed by atoms with van der Waals surface area (Å²) in [5.41, 5.74) is 2.01. The number of carbonyl (C=O) groups excluding carboxylic acids is 1. The number of rotatable bonds is 5. The minimum absolute atomic E-state index is 0.259. The van der Waals surface area contributed by atoms with Crippen molar-refractivity contribution < 1.29 is 19.4 Å². The fourth-order valence-electron chi connectivity index (χ4n) is 2.76. The first-order valence-electron chi connectivity index (χ1n) is 7.70. The number of aromatic carboxylic acids is 1. The molecule has 0 aromatic heterocycles. The summed E-state index contributed by atoms with van der Waals surface area (Å²) in [6.07, 6.45) is 2.10. The van der Waals surface area contributed by atoms with Crippen LogP contribution in [0.3, 0.4) is 0 Å². The number of ether oxygens (including phenoxy) is 1. The van der Waals surface area contributed by atoms with Crippen molar-refractivity contribution in [1.82, 2.24) is 0 Å². The molecule has 2 aliphatic heterocycles. The van der Waals surface area contributed by atoms with Crippen LogP contribution in [0.15, 0.2) is 12.1 Å². The number of benzene rings is 1. The summed E-state index contributed by atoms with van der Waals surface area (Å²) >= 11 is 0. The largest absolute Gasteiger partial charge is 0.478 e. The Hall–Kier alpha value is -2.24. The van der Waals surface area contributed by atoms with E-state index >= 15 is 0 Å². The number of hydrogen-bond acceptors (Lipinski definition) is 5. The molecule has 6 nitrogen and oxygen atoms in total. The van der Waals surface area contributed by atoms with Crippen molar-refractivity contribution in [2.45, 2.75) is 19.8 Å². The molecule has 6 heteroatoms. The molecule has 0 atom stereocenters. The van der Waals surface area contributed by atoms with E-state index < -0.39 is 5.97 Å². The second-order valence-electron chi connectivity index (χ2n) is 5.59. The van der Waals surface area contributed by atoms with Crippen LogP contribution in [0.5, 0.6) is 0 Å². The Balaban J connectivity index is 2.08. The van der Waals surface area contributed by atoms with Gasteiger partial charge in [0.1, 0.15) is 0 Å². The molecular formula is C16H20N2O4. The molecule has 2 aliphatic rings. The Labute approximate surface area is 129 Å². The van der Waals surface area contributed by atoms with Crippen LogP contribution in [0.2, 0.25) is 0 Å². The van der Waals surface area contributed by atoms with Gasteiger partial charge < -0.3 is 19.6 Å². The molecule has 0 saturated carbocycles. The van der Waals surface area contributed by atoms with E-state index in [1.54, 1.807) is 19.1 Å². The summed E-state index contributed by atoms with van der Waals surface area (Å²) in [7, 11) is 0. The maximum Gasteiger partial charge on any atom is 0.340 e. The fraction of sp³-hybridized carbons (Fsp3) is 0.500. The molecule has 0 radical (unpaired) electrons. The van der Waals surface area contributed by atoms with Crippen LogP contribution in [-0.4, -0.2) is 49.8 Å². The van der Waals surface area contributed by atoms with Gasteiger partial charge in [0.05, 0.1) is 29.1 Å². The van der Waals surface area contributed by atoms with Crippen LogP contribution >= 0.6 is 0 Å². The molecule has 118 valence electrons. The van der Waals surface area contributed by atoms with Gasteiger partial charge in [-0.2, -0.15) is 0 Å². The Morgan fingerprint density at radius 3 is 1.95 bits per heavy atom. The molecule has 2 saturated heterocycles. The molecule has 0 spiro atoms. The van der Waals surface area contributed by atoms with Crippen LogP contribution in [-0.2, 0) is 4.74 Å². The van der Waals surface area contributed by atoms with Crippen molar-refractivity contribution in [3.63, 3.8) is 0 Å². The first kappa shape index (κ1) is 14.7. The zero-order valence-corrected chi connectivity index (χ0v) is 12.7.